The van der Waals surface area contributed by atoms with Crippen LogP contribution in [-0.4, -0.2) is 23.5 Å². The number of rotatable bonds is 5. The summed E-state index contributed by atoms with van der Waals surface area (Å²) in [6, 6.07) is 14.0. The third-order valence-corrected chi connectivity index (χ3v) is 3.63. The molecule has 2 aromatic carbocycles. The molecule has 7 heteroatoms. The lowest BCUT2D eigenvalue weighted by atomic mass is 10.1. The monoisotopic (exact) mass is 371 g/mol. The van der Waals surface area contributed by atoms with E-state index in [2.05, 4.69) is 16.2 Å². The van der Waals surface area contributed by atoms with Crippen molar-refractivity contribution >= 4 is 29.1 Å². The number of hydrogen-bond acceptors (Lipinski definition) is 4. The van der Waals surface area contributed by atoms with Crippen molar-refractivity contribution in [2.24, 2.45) is 0 Å². The summed E-state index contributed by atoms with van der Waals surface area (Å²) in [5.74, 6) is -0.282. The van der Waals surface area contributed by atoms with Gasteiger partial charge < -0.3 is 4.74 Å². The lowest BCUT2D eigenvalue weighted by Crippen LogP contribution is -2.48. The highest BCUT2D eigenvalue weighted by Gasteiger charge is 2.13. The first kappa shape index (κ1) is 19.4. The van der Waals surface area contributed by atoms with E-state index >= 15 is 0 Å². The quantitative estimate of drug-likeness (QED) is 0.556. The minimum Gasteiger partial charge on any atom is -0.493 e. The average molecular weight is 371 g/mol. The van der Waals surface area contributed by atoms with Crippen LogP contribution < -0.4 is 20.9 Å². The number of aryl methyl sites for hydroxylation is 1. The van der Waals surface area contributed by atoms with Crippen LogP contribution in [0.4, 0.5) is 0 Å². The SMILES string of the molecule is CCCOc1ccccc1C(=O)NNC(=S)NC(=O)c1ccc(C)cc1. The van der Waals surface area contributed by atoms with Crippen molar-refractivity contribution in [1.29, 1.82) is 0 Å². The Hall–Kier alpha value is -2.93. The molecule has 0 aromatic heterocycles. The van der Waals surface area contributed by atoms with E-state index in [4.69, 9.17) is 17.0 Å². The smallest absolute Gasteiger partial charge is 0.273 e. The molecule has 0 aliphatic carbocycles. The zero-order valence-corrected chi connectivity index (χ0v) is 15.5. The Labute approximate surface area is 157 Å². The van der Waals surface area contributed by atoms with Gasteiger partial charge in [0.1, 0.15) is 5.75 Å². The van der Waals surface area contributed by atoms with Crippen molar-refractivity contribution in [3.05, 3.63) is 65.2 Å². The molecular weight excluding hydrogens is 350 g/mol. The summed E-state index contributed by atoms with van der Waals surface area (Å²) in [7, 11) is 0. The van der Waals surface area contributed by atoms with E-state index < -0.39 is 5.91 Å². The van der Waals surface area contributed by atoms with Crippen molar-refractivity contribution in [2.75, 3.05) is 6.61 Å². The van der Waals surface area contributed by atoms with Crippen molar-refractivity contribution in [1.82, 2.24) is 16.2 Å². The summed E-state index contributed by atoms with van der Waals surface area (Å²) in [6.45, 7) is 4.44. The van der Waals surface area contributed by atoms with Crippen molar-refractivity contribution in [3.8, 4) is 5.75 Å². The second kappa shape index (κ2) is 9.53. The molecule has 2 amide bonds. The Morgan fingerprint density at radius 1 is 1.00 bits per heavy atom. The molecule has 2 aromatic rings. The van der Waals surface area contributed by atoms with Gasteiger partial charge in [0.05, 0.1) is 12.2 Å². The number of nitrogens with one attached hydrogen (secondary N) is 3. The summed E-state index contributed by atoms with van der Waals surface area (Å²) in [4.78, 5) is 24.4. The van der Waals surface area contributed by atoms with Crippen LogP contribution in [0.15, 0.2) is 48.5 Å². The summed E-state index contributed by atoms with van der Waals surface area (Å²) in [6.07, 6.45) is 0.837. The number of ether oxygens (including phenoxy) is 1. The van der Waals surface area contributed by atoms with E-state index in [1.807, 2.05) is 26.0 Å². The lowest BCUT2D eigenvalue weighted by Gasteiger charge is -2.13. The van der Waals surface area contributed by atoms with Crippen molar-refractivity contribution in [2.45, 2.75) is 20.3 Å². The van der Waals surface area contributed by atoms with Crippen LogP contribution in [0.3, 0.4) is 0 Å². The molecule has 2 rings (SSSR count). The highest BCUT2D eigenvalue weighted by molar-refractivity contribution is 7.80. The van der Waals surface area contributed by atoms with Crippen molar-refractivity contribution < 1.29 is 14.3 Å². The molecule has 136 valence electrons. The van der Waals surface area contributed by atoms with Crippen LogP contribution in [0.2, 0.25) is 0 Å². The molecule has 26 heavy (non-hydrogen) atoms. The minimum absolute atomic E-state index is 0.00381. The number of carbonyl (C=O) groups excluding carboxylic acids is 2. The van der Waals surface area contributed by atoms with Gasteiger partial charge in [0.2, 0.25) is 0 Å². The molecule has 0 aliphatic rings. The average Bonchev–Trinajstić information content (AvgIpc) is 2.65. The van der Waals surface area contributed by atoms with Gasteiger partial charge in [-0.15, -0.1) is 0 Å². The van der Waals surface area contributed by atoms with Gasteiger partial charge in [0.15, 0.2) is 5.11 Å². The number of hydrazine groups is 1. The molecule has 0 aliphatic heterocycles. The normalized spacial score (nSPS) is 9.92. The van der Waals surface area contributed by atoms with Crippen LogP contribution >= 0.6 is 12.2 Å². The topological polar surface area (TPSA) is 79.5 Å². The van der Waals surface area contributed by atoms with Gasteiger partial charge in [0.25, 0.3) is 11.8 Å². The molecule has 0 unspecified atom stereocenters. The van der Waals surface area contributed by atoms with E-state index in [1.54, 1.807) is 36.4 Å². The molecule has 0 saturated carbocycles. The van der Waals surface area contributed by atoms with E-state index in [9.17, 15) is 9.59 Å². The van der Waals surface area contributed by atoms with Gasteiger partial charge in [-0.3, -0.25) is 25.8 Å². The van der Waals surface area contributed by atoms with Gasteiger partial charge in [-0.2, -0.15) is 0 Å². The zero-order chi connectivity index (χ0) is 18.9. The Bertz CT molecular complexity index is 791. The Balaban J connectivity index is 1.90. The Kier molecular flexibility index (Phi) is 7.11. The highest BCUT2D eigenvalue weighted by Crippen LogP contribution is 2.17. The first-order valence-corrected chi connectivity index (χ1v) is 8.62. The molecule has 0 radical (unpaired) electrons. The molecule has 6 nitrogen and oxygen atoms in total. The van der Waals surface area contributed by atoms with Crippen LogP contribution in [-0.2, 0) is 0 Å². The second-order valence-electron chi connectivity index (χ2n) is 5.57. The summed E-state index contributed by atoms with van der Waals surface area (Å²) >= 11 is 5.04. The fourth-order valence-corrected chi connectivity index (χ4v) is 2.23. The van der Waals surface area contributed by atoms with E-state index in [0.717, 1.165) is 12.0 Å². The molecule has 0 spiro atoms. The maximum atomic E-state index is 12.3. The molecule has 3 N–H and O–H groups in total. The standard InChI is InChI=1S/C19H21N3O3S/c1-3-12-25-16-7-5-4-6-15(16)18(24)21-22-19(26)20-17(23)14-10-8-13(2)9-11-14/h4-11H,3,12H2,1-2H3,(H,21,24)(H2,20,22,23,26). The van der Waals surface area contributed by atoms with Gasteiger partial charge in [-0.25, -0.2) is 0 Å². The Morgan fingerprint density at radius 2 is 1.69 bits per heavy atom. The number of thiocarbonyl (C=S) groups is 1. The fourth-order valence-electron chi connectivity index (χ4n) is 2.08. The van der Waals surface area contributed by atoms with Crippen molar-refractivity contribution in [3.63, 3.8) is 0 Å². The van der Waals surface area contributed by atoms with Gasteiger partial charge >= 0.3 is 0 Å². The fraction of sp³-hybridized carbons (Fsp3) is 0.211. The van der Waals surface area contributed by atoms with Gasteiger partial charge in [-0.1, -0.05) is 36.8 Å². The molecule has 0 saturated heterocycles. The number of amides is 2. The first-order valence-electron chi connectivity index (χ1n) is 8.21. The summed E-state index contributed by atoms with van der Waals surface area (Å²) in [5.41, 5.74) is 6.88. The second-order valence-corrected chi connectivity index (χ2v) is 5.98. The van der Waals surface area contributed by atoms with Gasteiger partial charge in [0, 0.05) is 5.56 Å². The zero-order valence-electron chi connectivity index (χ0n) is 14.7. The third-order valence-electron chi connectivity index (χ3n) is 3.42. The highest BCUT2D eigenvalue weighted by atomic mass is 32.1. The molecular formula is C19H21N3O3S. The molecule has 0 bridgehead atoms. The maximum Gasteiger partial charge on any atom is 0.273 e. The van der Waals surface area contributed by atoms with Crippen LogP contribution in [0, 0.1) is 6.92 Å². The largest absolute Gasteiger partial charge is 0.493 e. The number of benzene rings is 2. The van der Waals surface area contributed by atoms with E-state index in [-0.39, 0.29) is 11.0 Å². The van der Waals surface area contributed by atoms with Crippen LogP contribution in [0.5, 0.6) is 5.75 Å². The van der Waals surface area contributed by atoms with Crippen LogP contribution in [0.25, 0.3) is 0 Å². The van der Waals surface area contributed by atoms with E-state index in [1.165, 1.54) is 0 Å². The van der Waals surface area contributed by atoms with E-state index in [0.29, 0.717) is 23.5 Å². The molecule has 0 heterocycles. The summed E-state index contributed by atoms with van der Waals surface area (Å²) in [5, 5.41) is 2.50. The third kappa shape index (κ3) is 5.56. The summed E-state index contributed by atoms with van der Waals surface area (Å²) < 4.78 is 5.56. The number of hydrogen-bond donors (Lipinski definition) is 3. The predicted molar refractivity (Wildman–Crippen MR) is 104 cm³/mol. The number of para-hydroxylation sites is 1. The van der Waals surface area contributed by atoms with Gasteiger partial charge in [-0.05, 0) is 49.8 Å². The Morgan fingerprint density at radius 3 is 2.38 bits per heavy atom. The minimum atomic E-state index is -0.413. The molecule has 0 atom stereocenters. The number of carbonyl (C=O) groups is 2. The first-order chi connectivity index (χ1) is 12.5. The van der Waals surface area contributed by atoms with Crippen LogP contribution in [0.1, 0.15) is 39.6 Å². The predicted octanol–water partition coefficient (Wildman–Crippen LogP) is 2.73. The maximum absolute atomic E-state index is 12.3. The lowest BCUT2D eigenvalue weighted by molar-refractivity contribution is 0.0931. The molecule has 0 fully saturated rings.